The van der Waals surface area contributed by atoms with Crippen molar-refractivity contribution >= 4 is 11.8 Å². The summed E-state index contributed by atoms with van der Waals surface area (Å²) in [4.78, 5) is 4.43. The lowest BCUT2D eigenvalue weighted by Crippen LogP contribution is -2.07. The normalized spacial score (nSPS) is 12.7. The van der Waals surface area contributed by atoms with Gasteiger partial charge in [-0.3, -0.25) is 0 Å². The van der Waals surface area contributed by atoms with Crippen molar-refractivity contribution in [2.45, 2.75) is 31.8 Å². The summed E-state index contributed by atoms with van der Waals surface area (Å²) in [6, 6.07) is 4.14. The SMILES string of the molecule is CCC(C)CSc1ncccc1CNC. The highest BCUT2D eigenvalue weighted by Gasteiger charge is 2.05. The maximum Gasteiger partial charge on any atom is 0.100 e. The largest absolute Gasteiger partial charge is 0.316 e. The first kappa shape index (κ1) is 12.5. The van der Waals surface area contributed by atoms with E-state index in [0.29, 0.717) is 0 Å². The average molecular weight is 224 g/mol. The first-order chi connectivity index (χ1) is 7.27. The van der Waals surface area contributed by atoms with Gasteiger partial charge in [0.25, 0.3) is 0 Å². The second-order valence-corrected chi connectivity index (χ2v) is 4.83. The van der Waals surface area contributed by atoms with E-state index in [2.05, 4.69) is 30.2 Å². The van der Waals surface area contributed by atoms with Crippen LogP contribution in [0.4, 0.5) is 0 Å². The van der Waals surface area contributed by atoms with Gasteiger partial charge >= 0.3 is 0 Å². The van der Waals surface area contributed by atoms with Crippen LogP contribution in [0.15, 0.2) is 23.4 Å². The fourth-order valence-electron chi connectivity index (χ4n) is 1.22. The van der Waals surface area contributed by atoms with E-state index in [0.717, 1.165) is 18.2 Å². The van der Waals surface area contributed by atoms with Crippen molar-refractivity contribution < 1.29 is 0 Å². The molecule has 0 saturated heterocycles. The zero-order valence-electron chi connectivity index (χ0n) is 9.79. The van der Waals surface area contributed by atoms with Gasteiger partial charge in [0.1, 0.15) is 5.03 Å². The van der Waals surface area contributed by atoms with Gasteiger partial charge < -0.3 is 5.32 Å². The summed E-state index contributed by atoms with van der Waals surface area (Å²) in [6.45, 7) is 5.42. The van der Waals surface area contributed by atoms with E-state index in [1.54, 1.807) is 0 Å². The Balaban J connectivity index is 2.58. The Hall–Kier alpha value is -0.540. The lowest BCUT2D eigenvalue weighted by Gasteiger charge is -2.10. The molecule has 1 rings (SSSR count). The highest BCUT2D eigenvalue weighted by atomic mass is 32.2. The molecule has 0 spiro atoms. The molecule has 1 aromatic rings. The average Bonchev–Trinajstić information content (AvgIpc) is 2.28. The Kier molecular flexibility index (Phi) is 5.73. The molecule has 0 saturated carbocycles. The summed E-state index contributed by atoms with van der Waals surface area (Å²) in [5.41, 5.74) is 1.30. The lowest BCUT2D eigenvalue weighted by molar-refractivity contribution is 0.636. The third kappa shape index (κ3) is 4.22. The molecule has 0 aromatic carbocycles. The zero-order valence-corrected chi connectivity index (χ0v) is 10.6. The van der Waals surface area contributed by atoms with Gasteiger partial charge in [0.2, 0.25) is 0 Å². The number of aromatic nitrogens is 1. The van der Waals surface area contributed by atoms with Gasteiger partial charge in [-0.2, -0.15) is 0 Å². The predicted octanol–water partition coefficient (Wildman–Crippen LogP) is 2.94. The molecule has 15 heavy (non-hydrogen) atoms. The highest BCUT2D eigenvalue weighted by Crippen LogP contribution is 2.23. The Bertz CT molecular complexity index is 289. The second-order valence-electron chi connectivity index (χ2n) is 3.82. The molecule has 1 unspecified atom stereocenters. The van der Waals surface area contributed by atoms with E-state index in [4.69, 9.17) is 0 Å². The molecule has 0 aliphatic carbocycles. The summed E-state index contributed by atoms with van der Waals surface area (Å²) in [5.74, 6) is 1.92. The fourth-order valence-corrected chi connectivity index (χ4v) is 2.36. The number of hydrogen-bond acceptors (Lipinski definition) is 3. The minimum absolute atomic E-state index is 0.763. The molecule has 3 heteroatoms. The van der Waals surface area contributed by atoms with Crippen molar-refractivity contribution in [1.82, 2.24) is 10.3 Å². The van der Waals surface area contributed by atoms with E-state index in [1.165, 1.54) is 17.0 Å². The van der Waals surface area contributed by atoms with Gasteiger partial charge in [0.15, 0.2) is 0 Å². The van der Waals surface area contributed by atoms with Crippen LogP contribution in [0, 0.1) is 5.92 Å². The van der Waals surface area contributed by atoms with Crippen LogP contribution >= 0.6 is 11.8 Å². The Morgan fingerprint density at radius 2 is 2.33 bits per heavy atom. The van der Waals surface area contributed by atoms with Gasteiger partial charge in [-0.1, -0.05) is 26.3 Å². The van der Waals surface area contributed by atoms with E-state index in [9.17, 15) is 0 Å². The van der Waals surface area contributed by atoms with Crippen LogP contribution in [0.1, 0.15) is 25.8 Å². The first-order valence-corrected chi connectivity index (χ1v) is 6.47. The summed E-state index contributed by atoms with van der Waals surface area (Å²) in [5, 5.41) is 4.35. The van der Waals surface area contributed by atoms with Crippen LogP contribution in [0.5, 0.6) is 0 Å². The van der Waals surface area contributed by atoms with E-state index in [1.807, 2.05) is 31.1 Å². The van der Waals surface area contributed by atoms with Crippen molar-refractivity contribution in [3.63, 3.8) is 0 Å². The van der Waals surface area contributed by atoms with Crippen LogP contribution in [0.3, 0.4) is 0 Å². The Morgan fingerprint density at radius 1 is 1.53 bits per heavy atom. The van der Waals surface area contributed by atoms with Crippen molar-refractivity contribution in [3.8, 4) is 0 Å². The fraction of sp³-hybridized carbons (Fsp3) is 0.583. The van der Waals surface area contributed by atoms with Crippen LogP contribution in [-0.4, -0.2) is 17.8 Å². The van der Waals surface area contributed by atoms with Crippen molar-refractivity contribution in [2.24, 2.45) is 5.92 Å². The molecule has 0 bridgehead atoms. The van der Waals surface area contributed by atoms with E-state index >= 15 is 0 Å². The third-order valence-electron chi connectivity index (χ3n) is 2.42. The standard InChI is InChI=1S/C12H20N2S/c1-4-10(2)9-15-12-11(8-13-3)6-5-7-14-12/h5-7,10,13H,4,8-9H2,1-3H3. The summed E-state index contributed by atoms with van der Waals surface area (Å²) in [7, 11) is 1.97. The minimum atomic E-state index is 0.763. The number of rotatable bonds is 6. The maximum atomic E-state index is 4.43. The smallest absolute Gasteiger partial charge is 0.100 e. The van der Waals surface area contributed by atoms with E-state index in [-0.39, 0.29) is 0 Å². The molecule has 2 nitrogen and oxygen atoms in total. The molecule has 0 amide bonds. The first-order valence-electron chi connectivity index (χ1n) is 5.49. The number of thioether (sulfide) groups is 1. The van der Waals surface area contributed by atoms with Crippen molar-refractivity contribution in [1.29, 1.82) is 0 Å². The molecule has 1 heterocycles. The molecule has 0 fully saturated rings. The van der Waals surface area contributed by atoms with Crippen LogP contribution < -0.4 is 5.32 Å². The van der Waals surface area contributed by atoms with E-state index < -0.39 is 0 Å². The quantitative estimate of drug-likeness (QED) is 0.752. The van der Waals surface area contributed by atoms with Crippen LogP contribution in [-0.2, 0) is 6.54 Å². The minimum Gasteiger partial charge on any atom is -0.316 e. The zero-order chi connectivity index (χ0) is 11.1. The van der Waals surface area contributed by atoms with Crippen LogP contribution in [0.2, 0.25) is 0 Å². The summed E-state index contributed by atoms with van der Waals surface area (Å²) < 4.78 is 0. The van der Waals surface area contributed by atoms with Gasteiger partial charge in [-0.15, -0.1) is 11.8 Å². The molecule has 1 atom stereocenters. The number of nitrogens with one attached hydrogen (secondary N) is 1. The Morgan fingerprint density at radius 3 is 3.00 bits per heavy atom. The predicted molar refractivity (Wildman–Crippen MR) is 67.2 cm³/mol. The topological polar surface area (TPSA) is 24.9 Å². The van der Waals surface area contributed by atoms with Crippen molar-refractivity contribution in [3.05, 3.63) is 23.9 Å². The monoisotopic (exact) mass is 224 g/mol. The van der Waals surface area contributed by atoms with Crippen molar-refractivity contribution in [2.75, 3.05) is 12.8 Å². The molecular weight excluding hydrogens is 204 g/mol. The van der Waals surface area contributed by atoms with Gasteiger partial charge in [-0.25, -0.2) is 4.98 Å². The molecular formula is C12H20N2S. The maximum absolute atomic E-state index is 4.43. The molecule has 0 aliphatic rings. The molecule has 84 valence electrons. The second kappa shape index (κ2) is 6.85. The summed E-state index contributed by atoms with van der Waals surface area (Å²) >= 11 is 1.87. The van der Waals surface area contributed by atoms with Gasteiger partial charge in [0, 0.05) is 18.5 Å². The number of hydrogen-bond donors (Lipinski definition) is 1. The number of nitrogens with zero attached hydrogens (tertiary/aromatic N) is 1. The lowest BCUT2D eigenvalue weighted by atomic mass is 10.2. The molecule has 0 radical (unpaired) electrons. The summed E-state index contributed by atoms with van der Waals surface area (Å²) in [6.07, 6.45) is 3.11. The third-order valence-corrected chi connectivity index (χ3v) is 3.80. The highest BCUT2D eigenvalue weighted by molar-refractivity contribution is 7.99. The van der Waals surface area contributed by atoms with Gasteiger partial charge in [0.05, 0.1) is 0 Å². The Labute approximate surface area is 96.9 Å². The van der Waals surface area contributed by atoms with Crippen LogP contribution in [0.25, 0.3) is 0 Å². The molecule has 1 N–H and O–H groups in total. The van der Waals surface area contributed by atoms with Gasteiger partial charge in [-0.05, 0) is 24.6 Å². The molecule has 0 aliphatic heterocycles. The number of pyridine rings is 1. The molecule has 1 aromatic heterocycles.